The van der Waals surface area contributed by atoms with Crippen LogP contribution in [0.25, 0.3) is 11.3 Å². The molecule has 2 N–H and O–H groups in total. The minimum atomic E-state index is -0.149. The van der Waals surface area contributed by atoms with Gasteiger partial charge in [0, 0.05) is 30.4 Å². The Morgan fingerprint density at radius 1 is 1.14 bits per heavy atom. The Bertz CT molecular complexity index is 1020. The van der Waals surface area contributed by atoms with Gasteiger partial charge in [-0.05, 0) is 49.2 Å². The number of hydrogen-bond donors (Lipinski definition) is 2. The number of ether oxygens (including phenoxy) is 2. The molecule has 0 saturated carbocycles. The van der Waals surface area contributed by atoms with Crippen LogP contribution >= 0.6 is 0 Å². The molecule has 0 aliphatic carbocycles. The van der Waals surface area contributed by atoms with Crippen LogP contribution in [0.5, 0.6) is 11.5 Å². The number of para-hydroxylation sites is 1. The van der Waals surface area contributed by atoms with E-state index in [1.165, 1.54) is 5.69 Å². The van der Waals surface area contributed by atoms with Crippen LogP contribution in [0.4, 0.5) is 5.69 Å². The van der Waals surface area contributed by atoms with Gasteiger partial charge >= 0.3 is 0 Å². The van der Waals surface area contributed by atoms with Crippen LogP contribution in [-0.4, -0.2) is 42.0 Å². The number of benzene rings is 2. The van der Waals surface area contributed by atoms with Crippen molar-refractivity contribution in [1.82, 2.24) is 15.5 Å². The lowest BCUT2D eigenvalue weighted by molar-refractivity contribution is 0.0946. The van der Waals surface area contributed by atoms with Crippen molar-refractivity contribution in [3.05, 3.63) is 60.3 Å². The summed E-state index contributed by atoms with van der Waals surface area (Å²) in [6.07, 6.45) is 2.20. The average Bonchev–Trinajstić information content (AvgIpc) is 3.52. The molecule has 1 fully saturated rings. The van der Waals surface area contributed by atoms with Gasteiger partial charge in [-0.2, -0.15) is 5.10 Å². The summed E-state index contributed by atoms with van der Waals surface area (Å²) < 4.78 is 10.7. The SMILES string of the molecule is O=C(NCC1CCCN1c1ccccc1)c1cc(-c2ccc3c(c2)OCO3)n[nH]1. The molecule has 7 heteroatoms. The summed E-state index contributed by atoms with van der Waals surface area (Å²) in [7, 11) is 0. The number of fused-ring (bicyclic) bond motifs is 1. The molecule has 3 heterocycles. The molecule has 2 aliphatic heterocycles. The number of hydrogen-bond acceptors (Lipinski definition) is 5. The Morgan fingerprint density at radius 2 is 2.00 bits per heavy atom. The second-order valence-corrected chi connectivity index (χ2v) is 7.27. The number of amides is 1. The lowest BCUT2D eigenvalue weighted by atomic mass is 10.1. The van der Waals surface area contributed by atoms with Crippen molar-refractivity contribution in [2.75, 3.05) is 24.8 Å². The molecule has 2 aliphatic rings. The van der Waals surface area contributed by atoms with Crippen LogP contribution in [0.1, 0.15) is 23.3 Å². The van der Waals surface area contributed by atoms with E-state index in [0.29, 0.717) is 29.7 Å². The summed E-state index contributed by atoms with van der Waals surface area (Å²) in [4.78, 5) is 15.0. The quantitative estimate of drug-likeness (QED) is 0.699. The molecular formula is C22H22N4O3. The largest absolute Gasteiger partial charge is 0.454 e. The van der Waals surface area contributed by atoms with Crippen molar-refractivity contribution in [3.8, 4) is 22.8 Å². The first-order valence-electron chi connectivity index (χ1n) is 9.83. The van der Waals surface area contributed by atoms with Crippen LogP contribution in [0.3, 0.4) is 0 Å². The Morgan fingerprint density at radius 3 is 2.90 bits per heavy atom. The van der Waals surface area contributed by atoms with Crippen molar-refractivity contribution in [1.29, 1.82) is 0 Å². The molecular weight excluding hydrogens is 368 g/mol. The summed E-state index contributed by atoms with van der Waals surface area (Å²) >= 11 is 0. The number of aromatic amines is 1. The zero-order chi connectivity index (χ0) is 19.6. The first kappa shape index (κ1) is 17.6. The van der Waals surface area contributed by atoms with Crippen molar-refractivity contribution in [3.63, 3.8) is 0 Å². The molecule has 2 aromatic carbocycles. The molecule has 1 atom stereocenters. The third-order valence-corrected chi connectivity index (χ3v) is 5.45. The maximum Gasteiger partial charge on any atom is 0.269 e. The number of carbonyl (C=O) groups excluding carboxylic acids is 1. The van der Waals surface area contributed by atoms with Crippen LogP contribution in [0, 0.1) is 0 Å². The predicted molar refractivity (Wildman–Crippen MR) is 109 cm³/mol. The maximum absolute atomic E-state index is 12.6. The molecule has 0 radical (unpaired) electrons. The number of anilines is 1. The maximum atomic E-state index is 12.6. The molecule has 1 amide bonds. The first-order valence-corrected chi connectivity index (χ1v) is 9.83. The molecule has 148 valence electrons. The third-order valence-electron chi connectivity index (χ3n) is 5.45. The van der Waals surface area contributed by atoms with Gasteiger partial charge in [0.2, 0.25) is 6.79 Å². The highest BCUT2D eigenvalue weighted by atomic mass is 16.7. The molecule has 1 unspecified atom stereocenters. The van der Waals surface area contributed by atoms with Gasteiger partial charge in [-0.15, -0.1) is 0 Å². The number of carbonyl (C=O) groups is 1. The Kier molecular flexibility index (Phi) is 4.56. The zero-order valence-corrected chi connectivity index (χ0v) is 15.9. The van der Waals surface area contributed by atoms with Gasteiger partial charge in [0.1, 0.15) is 5.69 Å². The molecule has 7 nitrogen and oxygen atoms in total. The molecule has 29 heavy (non-hydrogen) atoms. The molecule has 0 bridgehead atoms. The first-order chi connectivity index (χ1) is 14.3. The summed E-state index contributed by atoms with van der Waals surface area (Å²) in [5.74, 6) is 1.27. The molecule has 5 rings (SSSR count). The lowest BCUT2D eigenvalue weighted by Crippen LogP contribution is -2.40. The molecule has 1 aromatic heterocycles. The van der Waals surface area contributed by atoms with Crippen molar-refractivity contribution in [2.45, 2.75) is 18.9 Å². The normalized spacial score (nSPS) is 17.5. The Balaban J connectivity index is 1.24. The van der Waals surface area contributed by atoms with Gasteiger partial charge in [-0.3, -0.25) is 9.89 Å². The van der Waals surface area contributed by atoms with Crippen LogP contribution < -0.4 is 19.7 Å². The van der Waals surface area contributed by atoms with E-state index in [-0.39, 0.29) is 12.7 Å². The lowest BCUT2D eigenvalue weighted by Gasteiger charge is -2.27. The van der Waals surface area contributed by atoms with Crippen LogP contribution in [-0.2, 0) is 0 Å². The number of H-pyrrole nitrogens is 1. The van der Waals surface area contributed by atoms with Crippen molar-refractivity contribution >= 4 is 11.6 Å². The number of aromatic nitrogens is 2. The standard InChI is InChI=1S/C22H22N4O3/c27-22(23-13-17-7-4-10-26(17)16-5-2-1-3-6-16)19-12-18(24-25-19)15-8-9-20-21(11-15)29-14-28-20/h1-3,5-6,8-9,11-12,17H,4,7,10,13-14H2,(H,23,27)(H,24,25). The predicted octanol–water partition coefficient (Wildman–Crippen LogP) is 3.20. The molecule has 1 saturated heterocycles. The van der Waals surface area contributed by atoms with Crippen molar-refractivity contribution < 1.29 is 14.3 Å². The molecule has 3 aromatic rings. The van der Waals surface area contributed by atoms with Gasteiger partial charge in [-0.1, -0.05) is 18.2 Å². The Labute approximate surface area is 168 Å². The number of rotatable bonds is 5. The summed E-state index contributed by atoms with van der Waals surface area (Å²) in [5.41, 5.74) is 3.22. The van der Waals surface area contributed by atoms with E-state index in [0.717, 1.165) is 30.7 Å². The number of nitrogens with zero attached hydrogens (tertiary/aromatic N) is 2. The fourth-order valence-corrected chi connectivity index (χ4v) is 3.95. The van der Waals surface area contributed by atoms with Gasteiger partial charge in [0.05, 0.1) is 5.69 Å². The van der Waals surface area contributed by atoms with E-state index in [4.69, 9.17) is 9.47 Å². The smallest absolute Gasteiger partial charge is 0.269 e. The van der Waals surface area contributed by atoms with E-state index in [1.54, 1.807) is 6.07 Å². The van der Waals surface area contributed by atoms with Gasteiger partial charge in [0.15, 0.2) is 11.5 Å². The second kappa shape index (κ2) is 7.50. The highest BCUT2D eigenvalue weighted by Crippen LogP contribution is 2.35. The fraction of sp³-hybridized carbons (Fsp3) is 0.273. The number of nitrogens with one attached hydrogen (secondary N) is 2. The van der Waals surface area contributed by atoms with Gasteiger partial charge in [-0.25, -0.2) is 0 Å². The topological polar surface area (TPSA) is 79.5 Å². The zero-order valence-electron chi connectivity index (χ0n) is 15.9. The minimum absolute atomic E-state index is 0.149. The van der Waals surface area contributed by atoms with E-state index < -0.39 is 0 Å². The van der Waals surface area contributed by atoms with Crippen molar-refractivity contribution in [2.24, 2.45) is 0 Å². The second-order valence-electron chi connectivity index (χ2n) is 7.27. The van der Waals surface area contributed by atoms with Crippen LogP contribution in [0.2, 0.25) is 0 Å². The van der Waals surface area contributed by atoms with Gasteiger partial charge < -0.3 is 19.7 Å². The van der Waals surface area contributed by atoms with E-state index >= 15 is 0 Å². The highest BCUT2D eigenvalue weighted by molar-refractivity contribution is 5.93. The van der Waals surface area contributed by atoms with E-state index in [2.05, 4.69) is 32.5 Å². The average molecular weight is 390 g/mol. The highest BCUT2D eigenvalue weighted by Gasteiger charge is 2.25. The van der Waals surface area contributed by atoms with E-state index in [9.17, 15) is 4.79 Å². The van der Waals surface area contributed by atoms with Crippen LogP contribution in [0.15, 0.2) is 54.6 Å². The summed E-state index contributed by atoms with van der Waals surface area (Å²) in [6.45, 7) is 1.85. The summed E-state index contributed by atoms with van der Waals surface area (Å²) in [6, 6.07) is 18.0. The van der Waals surface area contributed by atoms with Gasteiger partial charge in [0.25, 0.3) is 5.91 Å². The minimum Gasteiger partial charge on any atom is -0.454 e. The third kappa shape index (κ3) is 3.51. The molecule has 0 spiro atoms. The fourth-order valence-electron chi connectivity index (χ4n) is 3.95. The Hall–Kier alpha value is -3.48. The van der Waals surface area contributed by atoms with E-state index in [1.807, 2.05) is 36.4 Å². The summed E-state index contributed by atoms with van der Waals surface area (Å²) in [5, 5.41) is 10.2. The monoisotopic (exact) mass is 390 g/mol.